The molecule has 3 rings (SSSR count). The fourth-order valence-electron chi connectivity index (χ4n) is 3.63. The molecule has 0 saturated carbocycles. The van der Waals surface area contributed by atoms with E-state index in [2.05, 4.69) is 12.2 Å². The molecule has 2 fully saturated rings. The van der Waals surface area contributed by atoms with Crippen LogP contribution in [0.15, 0.2) is 24.3 Å². The van der Waals surface area contributed by atoms with E-state index in [1.165, 1.54) is 0 Å². The Kier molecular flexibility index (Phi) is 4.15. The second-order valence-electron chi connectivity index (χ2n) is 6.23. The molecule has 2 aliphatic rings. The fourth-order valence-corrected chi connectivity index (χ4v) is 3.63. The third-order valence-electron chi connectivity index (χ3n) is 4.65. The van der Waals surface area contributed by atoms with Gasteiger partial charge in [-0.15, -0.1) is 0 Å². The zero-order valence-corrected chi connectivity index (χ0v) is 12.6. The molecule has 21 heavy (non-hydrogen) atoms. The van der Waals surface area contributed by atoms with Gasteiger partial charge in [-0.3, -0.25) is 4.79 Å². The minimum absolute atomic E-state index is 0.122. The second kappa shape index (κ2) is 6.06. The van der Waals surface area contributed by atoms with Crippen molar-refractivity contribution in [1.82, 2.24) is 4.90 Å². The first kappa shape index (κ1) is 14.4. The summed E-state index contributed by atoms with van der Waals surface area (Å²) in [6.07, 6.45) is 4.39. The van der Waals surface area contributed by atoms with Crippen LogP contribution in [-0.2, 0) is 0 Å². The fraction of sp³-hybridized carbons (Fsp3) is 0.588. The molecule has 0 spiro atoms. The molecule has 4 nitrogen and oxygen atoms in total. The van der Waals surface area contributed by atoms with Crippen molar-refractivity contribution in [2.24, 2.45) is 0 Å². The number of piperidine rings is 1. The zero-order chi connectivity index (χ0) is 14.8. The number of benzene rings is 1. The molecule has 2 heterocycles. The van der Waals surface area contributed by atoms with E-state index in [0.717, 1.165) is 49.9 Å². The number of nitrogens with zero attached hydrogens (tertiary/aromatic N) is 1. The molecule has 2 atom stereocenters. The Balaban J connectivity index is 1.71. The number of rotatable bonds is 4. The highest BCUT2D eigenvalue weighted by Crippen LogP contribution is 2.36. The van der Waals surface area contributed by atoms with Crippen molar-refractivity contribution in [2.75, 3.05) is 11.9 Å². The number of anilines is 1. The van der Waals surface area contributed by atoms with Crippen LogP contribution in [0.25, 0.3) is 0 Å². The van der Waals surface area contributed by atoms with Gasteiger partial charge in [0.1, 0.15) is 0 Å². The van der Waals surface area contributed by atoms with Crippen LogP contribution in [-0.4, -0.2) is 40.6 Å². The van der Waals surface area contributed by atoms with Gasteiger partial charge in [-0.25, -0.2) is 0 Å². The Bertz CT molecular complexity index is 486. The van der Waals surface area contributed by atoms with E-state index in [9.17, 15) is 9.90 Å². The third kappa shape index (κ3) is 2.91. The summed E-state index contributed by atoms with van der Waals surface area (Å²) in [4.78, 5) is 14.7. The number of fused-ring (bicyclic) bond motifs is 2. The first-order chi connectivity index (χ1) is 10.2. The smallest absolute Gasteiger partial charge is 0.254 e. The van der Waals surface area contributed by atoms with Crippen LogP contribution in [0.1, 0.15) is 49.4 Å². The molecule has 2 aliphatic heterocycles. The molecule has 0 radical (unpaired) electrons. The van der Waals surface area contributed by atoms with E-state index < -0.39 is 0 Å². The van der Waals surface area contributed by atoms with Gasteiger partial charge in [-0.2, -0.15) is 0 Å². The lowest BCUT2D eigenvalue weighted by Crippen LogP contribution is -2.47. The minimum Gasteiger partial charge on any atom is -0.393 e. The molecule has 1 aromatic rings. The van der Waals surface area contributed by atoms with Crippen LogP contribution in [0.5, 0.6) is 0 Å². The first-order valence-corrected chi connectivity index (χ1v) is 8.03. The number of hydrogen-bond donors (Lipinski definition) is 2. The Morgan fingerprint density at radius 1 is 1.24 bits per heavy atom. The number of carbonyl (C=O) groups is 1. The quantitative estimate of drug-likeness (QED) is 0.895. The van der Waals surface area contributed by atoms with Crippen LogP contribution < -0.4 is 5.32 Å². The molecule has 1 amide bonds. The van der Waals surface area contributed by atoms with Crippen LogP contribution >= 0.6 is 0 Å². The summed E-state index contributed by atoms with van der Waals surface area (Å²) in [7, 11) is 0. The van der Waals surface area contributed by atoms with Gasteiger partial charge in [-0.1, -0.05) is 6.92 Å². The van der Waals surface area contributed by atoms with Gasteiger partial charge in [0.05, 0.1) is 6.10 Å². The van der Waals surface area contributed by atoms with E-state index >= 15 is 0 Å². The topological polar surface area (TPSA) is 52.6 Å². The van der Waals surface area contributed by atoms with Gasteiger partial charge in [0.25, 0.3) is 5.91 Å². The van der Waals surface area contributed by atoms with E-state index in [-0.39, 0.29) is 24.1 Å². The van der Waals surface area contributed by atoms with Crippen molar-refractivity contribution in [1.29, 1.82) is 0 Å². The molecular weight excluding hydrogens is 264 g/mol. The molecule has 4 heteroatoms. The summed E-state index contributed by atoms with van der Waals surface area (Å²) >= 11 is 0. The normalized spacial score (nSPS) is 27.7. The van der Waals surface area contributed by atoms with Gasteiger partial charge in [-0.05, 0) is 56.4 Å². The Hall–Kier alpha value is -1.55. The lowest BCUT2D eigenvalue weighted by atomic mass is 9.98. The first-order valence-electron chi connectivity index (χ1n) is 8.03. The highest BCUT2D eigenvalue weighted by atomic mass is 16.3. The highest BCUT2D eigenvalue weighted by Gasteiger charge is 2.42. The Morgan fingerprint density at radius 2 is 1.86 bits per heavy atom. The van der Waals surface area contributed by atoms with Crippen LogP contribution in [0.2, 0.25) is 0 Å². The van der Waals surface area contributed by atoms with E-state index in [1.54, 1.807) is 0 Å². The van der Waals surface area contributed by atoms with Crippen LogP contribution in [0.3, 0.4) is 0 Å². The minimum atomic E-state index is -0.229. The number of hydrogen-bond acceptors (Lipinski definition) is 3. The van der Waals surface area contributed by atoms with Crippen molar-refractivity contribution in [3.8, 4) is 0 Å². The number of carbonyl (C=O) groups excluding carboxylic acids is 1. The predicted octanol–water partition coefficient (Wildman–Crippen LogP) is 2.64. The standard InChI is InChI=1S/C17H24N2O2/c1-2-9-18-13-5-3-12(4-6-13)17(21)19-14-7-8-15(19)11-16(20)10-14/h3-6,14-16,18,20H,2,7-11H2,1H3. The number of nitrogens with one attached hydrogen (secondary N) is 1. The largest absolute Gasteiger partial charge is 0.393 e. The summed E-state index contributed by atoms with van der Waals surface area (Å²) in [5.41, 5.74) is 1.82. The zero-order valence-electron chi connectivity index (χ0n) is 12.6. The maximum absolute atomic E-state index is 12.7. The Morgan fingerprint density at radius 3 is 2.43 bits per heavy atom. The average Bonchev–Trinajstić information content (AvgIpc) is 2.77. The molecule has 1 aromatic carbocycles. The Labute approximate surface area is 126 Å². The van der Waals surface area contributed by atoms with E-state index in [1.807, 2.05) is 29.2 Å². The van der Waals surface area contributed by atoms with Gasteiger partial charge in [0.2, 0.25) is 0 Å². The number of amides is 1. The van der Waals surface area contributed by atoms with Crippen molar-refractivity contribution in [2.45, 2.75) is 57.2 Å². The van der Waals surface area contributed by atoms with Gasteiger partial charge in [0.15, 0.2) is 0 Å². The monoisotopic (exact) mass is 288 g/mol. The summed E-state index contributed by atoms with van der Waals surface area (Å²) in [6, 6.07) is 8.22. The number of aliphatic hydroxyl groups is 1. The summed E-state index contributed by atoms with van der Waals surface area (Å²) in [6.45, 7) is 3.08. The van der Waals surface area contributed by atoms with Crippen molar-refractivity contribution in [3.63, 3.8) is 0 Å². The maximum Gasteiger partial charge on any atom is 0.254 e. The molecular formula is C17H24N2O2. The summed E-state index contributed by atoms with van der Waals surface area (Å²) in [5.74, 6) is 0.122. The highest BCUT2D eigenvalue weighted by molar-refractivity contribution is 5.95. The molecule has 0 aromatic heterocycles. The predicted molar refractivity (Wildman–Crippen MR) is 83.4 cm³/mol. The van der Waals surface area contributed by atoms with Crippen LogP contribution in [0, 0.1) is 0 Å². The molecule has 114 valence electrons. The van der Waals surface area contributed by atoms with Crippen molar-refractivity contribution in [3.05, 3.63) is 29.8 Å². The summed E-state index contributed by atoms with van der Waals surface area (Å²) < 4.78 is 0. The lowest BCUT2D eigenvalue weighted by Gasteiger charge is -2.37. The lowest BCUT2D eigenvalue weighted by molar-refractivity contribution is 0.0287. The third-order valence-corrected chi connectivity index (χ3v) is 4.65. The van der Waals surface area contributed by atoms with E-state index in [4.69, 9.17) is 0 Å². The van der Waals surface area contributed by atoms with E-state index in [0.29, 0.717) is 0 Å². The van der Waals surface area contributed by atoms with Crippen LogP contribution in [0.4, 0.5) is 5.69 Å². The van der Waals surface area contributed by atoms with Crippen molar-refractivity contribution >= 4 is 11.6 Å². The van der Waals surface area contributed by atoms with Crippen molar-refractivity contribution < 1.29 is 9.90 Å². The average molecular weight is 288 g/mol. The van der Waals surface area contributed by atoms with Gasteiger partial charge >= 0.3 is 0 Å². The molecule has 2 saturated heterocycles. The SMILES string of the molecule is CCCNc1ccc(C(=O)N2C3CCC2CC(O)C3)cc1. The second-order valence-corrected chi connectivity index (χ2v) is 6.23. The summed E-state index contributed by atoms with van der Waals surface area (Å²) in [5, 5.41) is 13.2. The maximum atomic E-state index is 12.7. The molecule has 2 N–H and O–H groups in total. The van der Waals surface area contributed by atoms with Gasteiger partial charge in [0, 0.05) is 29.9 Å². The molecule has 2 unspecified atom stereocenters. The van der Waals surface area contributed by atoms with Gasteiger partial charge < -0.3 is 15.3 Å². The number of aliphatic hydroxyl groups excluding tert-OH is 1. The molecule has 0 aliphatic carbocycles. The molecule has 2 bridgehead atoms.